The van der Waals surface area contributed by atoms with E-state index in [0.717, 1.165) is 35.8 Å². The van der Waals surface area contributed by atoms with Crippen LogP contribution in [0.25, 0.3) is 4.96 Å². The van der Waals surface area contributed by atoms with E-state index in [-0.39, 0.29) is 11.9 Å². The number of likely N-dealkylation sites (tertiary alicyclic amines) is 1. The van der Waals surface area contributed by atoms with E-state index in [1.807, 2.05) is 6.92 Å². The monoisotopic (exact) mass is 401 g/mol. The lowest BCUT2D eigenvalue weighted by molar-refractivity contribution is -0.933. The number of hydrogen-bond donors (Lipinski definition) is 2. The van der Waals surface area contributed by atoms with Crippen molar-refractivity contribution in [2.45, 2.75) is 38.5 Å². The van der Waals surface area contributed by atoms with Crippen LogP contribution < -0.4 is 4.90 Å². The van der Waals surface area contributed by atoms with Crippen LogP contribution in [0.2, 0.25) is 0 Å². The first-order valence-electron chi connectivity index (χ1n) is 9.79. The highest BCUT2D eigenvalue weighted by molar-refractivity contribution is 7.17. The van der Waals surface area contributed by atoms with Crippen molar-refractivity contribution in [1.29, 1.82) is 0 Å². The van der Waals surface area contributed by atoms with Crippen molar-refractivity contribution in [1.82, 2.24) is 14.6 Å². The molecular weight excluding hydrogens is 376 g/mol. The fourth-order valence-electron chi connectivity index (χ4n) is 4.52. The molecule has 0 unspecified atom stereocenters. The Balaban J connectivity index is 1.55. The van der Waals surface area contributed by atoms with Crippen LogP contribution in [0.15, 0.2) is 24.3 Å². The Kier molecular flexibility index (Phi) is 4.39. The summed E-state index contributed by atoms with van der Waals surface area (Å²) < 4.78 is 13.4. The molecule has 0 amide bonds. The summed E-state index contributed by atoms with van der Waals surface area (Å²) in [5.41, 5.74) is 2.46. The Morgan fingerprint density at radius 1 is 1.18 bits per heavy atom. The van der Waals surface area contributed by atoms with E-state index < -0.39 is 5.79 Å². The second-order valence-corrected chi connectivity index (χ2v) is 8.71. The predicted octanol–water partition coefficient (Wildman–Crippen LogP) is 1.62. The van der Waals surface area contributed by atoms with Crippen molar-refractivity contribution < 1.29 is 19.5 Å². The Labute approximate surface area is 167 Å². The molecule has 5 rings (SSSR count). The van der Waals surface area contributed by atoms with Gasteiger partial charge in [0.1, 0.15) is 10.7 Å². The summed E-state index contributed by atoms with van der Waals surface area (Å²) in [5.74, 6) is 0.475. The van der Waals surface area contributed by atoms with E-state index in [2.05, 4.69) is 41.3 Å². The third-order valence-corrected chi connectivity index (χ3v) is 7.03. The number of nitrogens with zero attached hydrogens (tertiary/aromatic N) is 3. The zero-order valence-electron chi connectivity index (χ0n) is 16.1. The van der Waals surface area contributed by atoms with Crippen LogP contribution in [0.3, 0.4) is 0 Å². The lowest BCUT2D eigenvalue weighted by Gasteiger charge is -2.38. The molecule has 4 heterocycles. The number of aryl methyl sites for hydroxylation is 2. The van der Waals surface area contributed by atoms with E-state index >= 15 is 0 Å². The molecule has 2 aromatic heterocycles. The number of fused-ring (bicyclic) bond motifs is 1. The Morgan fingerprint density at radius 2 is 1.89 bits per heavy atom. The Bertz CT molecular complexity index is 998. The molecule has 0 bridgehead atoms. The Hall–Kier alpha value is -2.00. The first-order chi connectivity index (χ1) is 13.6. The van der Waals surface area contributed by atoms with Gasteiger partial charge in [0.25, 0.3) is 0 Å². The molecule has 7 nitrogen and oxygen atoms in total. The number of hydrogen-bond acceptors (Lipinski definition) is 6. The predicted molar refractivity (Wildman–Crippen MR) is 105 cm³/mol. The van der Waals surface area contributed by atoms with Crippen LogP contribution in [-0.2, 0) is 9.47 Å². The van der Waals surface area contributed by atoms with E-state index in [1.165, 1.54) is 27.4 Å². The highest BCUT2D eigenvalue weighted by Crippen LogP contribution is 2.37. The molecule has 2 saturated heterocycles. The summed E-state index contributed by atoms with van der Waals surface area (Å²) in [7, 11) is 0. The molecule has 2 aliphatic rings. The SMILES string of the molecule is Cc1nc2sc([C@H](c3ccccc3C)[NH+]3CCC4(CC3)OCCO4)c(O)n2n1. The summed E-state index contributed by atoms with van der Waals surface area (Å²) in [6.07, 6.45) is 1.73. The fraction of sp³-hybridized carbons (Fsp3) is 0.500. The molecule has 2 fully saturated rings. The van der Waals surface area contributed by atoms with E-state index in [1.54, 1.807) is 4.52 Å². The van der Waals surface area contributed by atoms with Gasteiger partial charge >= 0.3 is 0 Å². The van der Waals surface area contributed by atoms with Crippen LogP contribution in [0.5, 0.6) is 5.88 Å². The first kappa shape index (κ1) is 18.1. The van der Waals surface area contributed by atoms with Crippen molar-refractivity contribution in [2.24, 2.45) is 0 Å². The van der Waals surface area contributed by atoms with Crippen LogP contribution in [-0.4, -0.2) is 51.8 Å². The lowest BCUT2D eigenvalue weighted by atomic mass is 9.95. The average molecular weight is 402 g/mol. The smallest absolute Gasteiger partial charge is 0.235 e. The molecule has 0 aliphatic carbocycles. The Morgan fingerprint density at radius 3 is 2.57 bits per heavy atom. The standard InChI is InChI=1S/C20H24N4O3S/c1-13-5-3-4-6-15(13)16(17-18(25)24-19(28-17)21-14(2)22-24)23-9-7-20(8-10-23)26-11-12-27-20/h3-6,16,25H,7-12H2,1-2H3/p+1/t16-/m0/s1. The van der Waals surface area contributed by atoms with Crippen LogP contribution in [0.1, 0.15) is 40.7 Å². The normalized spacial score (nSPS) is 20.9. The van der Waals surface area contributed by atoms with Crippen LogP contribution >= 0.6 is 11.3 Å². The van der Waals surface area contributed by atoms with Gasteiger partial charge in [0.2, 0.25) is 10.8 Å². The van der Waals surface area contributed by atoms with E-state index in [9.17, 15) is 5.11 Å². The molecule has 0 saturated carbocycles. The summed E-state index contributed by atoms with van der Waals surface area (Å²) in [5, 5.41) is 15.3. The zero-order valence-corrected chi connectivity index (χ0v) is 17.0. The lowest BCUT2D eigenvalue weighted by Crippen LogP contribution is -3.14. The second kappa shape index (κ2) is 6.81. The molecule has 0 radical (unpaired) electrons. The van der Waals surface area contributed by atoms with Gasteiger partial charge in [-0.3, -0.25) is 0 Å². The van der Waals surface area contributed by atoms with Crippen molar-refractivity contribution in [3.63, 3.8) is 0 Å². The summed E-state index contributed by atoms with van der Waals surface area (Å²) >= 11 is 1.53. The van der Waals surface area contributed by atoms with Gasteiger partial charge in [-0.15, -0.1) is 5.10 Å². The average Bonchev–Trinajstić information content (AvgIpc) is 3.36. The maximum atomic E-state index is 11.0. The van der Waals surface area contributed by atoms with Gasteiger partial charge < -0.3 is 19.5 Å². The number of benzene rings is 1. The van der Waals surface area contributed by atoms with Crippen molar-refractivity contribution in [2.75, 3.05) is 26.3 Å². The van der Waals surface area contributed by atoms with Gasteiger partial charge in [0.15, 0.2) is 11.8 Å². The molecular formula is C20H25N4O3S+. The van der Waals surface area contributed by atoms with Gasteiger partial charge in [0, 0.05) is 5.56 Å². The first-order valence-corrected chi connectivity index (χ1v) is 10.6. The summed E-state index contributed by atoms with van der Waals surface area (Å²) in [6, 6.07) is 8.47. The van der Waals surface area contributed by atoms with E-state index in [4.69, 9.17) is 9.47 Å². The number of piperidine rings is 1. The van der Waals surface area contributed by atoms with Gasteiger partial charge in [-0.2, -0.15) is 4.52 Å². The molecule has 2 aliphatic heterocycles. The number of nitrogens with one attached hydrogen (secondary N) is 1. The number of thiazole rings is 1. The van der Waals surface area contributed by atoms with Crippen molar-refractivity contribution in [3.05, 3.63) is 46.1 Å². The second-order valence-electron chi connectivity index (χ2n) is 7.70. The topological polar surface area (TPSA) is 73.3 Å². The number of ether oxygens (including phenoxy) is 2. The van der Waals surface area contributed by atoms with Gasteiger partial charge in [0.05, 0.1) is 39.1 Å². The number of aromatic nitrogens is 3. The van der Waals surface area contributed by atoms with Gasteiger partial charge in [-0.25, -0.2) is 4.98 Å². The molecule has 3 aromatic rings. The highest BCUT2D eigenvalue weighted by Gasteiger charge is 2.45. The number of quaternary nitrogens is 1. The maximum Gasteiger partial charge on any atom is 0.235 e. The van der Waals surface area contributed by atoms with Crippen LogP contribution in [0.4, 0.5) is 0 Å². The minimum Gasteiger partial charge on any atom is -0.492 e. The molecule has 1 atom stereocenters. The molecule has 2 N–H and O–H groups in total. The summed E-state index contributed by atoms with van der Waals surface area (Å²) in [4.78, 5) is 7.52. The fourth-order valence-corrected chi connectivity index (χ4v) is 5.70. The van der Waals surface area contributed by atoms with Crippen LogP contribution in [0, 0.1) is 13.8 Å². The van der Waals surface area contributed by atoms with Gasteiger partial charge in [-0.1, -0.05) is 35.6 Å². The van der Waals surface area contributed by atoms with Gasteiger partial charge in [-0.05, 0) is 19.4 Å². The molecule has 1 spiro atoms. The summed E-state index contributed by atoms with van der Waals surface area (Å²) in [6.45, 7) is 7.19. The zero-order chi connectivity index (χ0) is 19.3. The van der Waals surface area contributed by atoms with Crippen molar-refractivity contribution >= 4 is 16.3 Å². The molecule has 28 heavy (non-hydrogen) atoms. The number of rotatable bonds is 3. The highest BCUT2D eigenvalue weighted by atomic mass is 32.1. The van der Waals surface area contributed by atoms with Crippen molar-refractivity contribution in [3.8, 4) is 5.88 Å². The largest absolute Gasteiger partial charge is 0.492 e. The maximum absolute atomic E-state index is 11.0. The minimum absolute atomic E-state index is 0.0359. The molecule has 148 valence electrons. The van der Waals surface area contributed by atoms with E-state index in [0.29, 0.717) is 19.0 Å². The third kappa shape index (κ3) is 2.91. The minimum atomic E-state index is -0.398. The third-order valence-electron chi connectivity index (χ3n) is 5.94. The quantitative estimate of drug-likeness (QED) is 0.698. The number of aromatic hydroxyl groups is 1. The molecule has 8 heteroatoms. The molecule has 1 aromatic carbocycles.